The van der Waals surface area contributed by atoms with Gasteiger partial charge in [-0.25, -0.2) is 4.79 Å². The van der Waals surface area contributed by atoms with Crippen molar-refractivity contribution < 1.29 is 24.2 Å². The van der Waals surface area contributed by atoms with E-state index < -0.39 is 42.2 Å². The van der Waals surface area contributed by atoms with Crippen molar-refractivity contribution in [3.8, 4) is 12.3 Å². The van der Waals surface area contributed by atoms with Gasteiger partial charge in [-0.1, -0.05) is 80.6 Å². The Bertz CT molecular complexity index is 1420. The molecule has 0 saturated heterocycles. The number of benzene rings is 3. The zero-order valence-corrected chi connectivity index (χ0v) is 24.9. The summed E-state index contributed by atoms with van der Waals surface area (Å²) in [7, 11) is 0. The molecule has 3 N–H and O–H groups in total. The van der Waals surface area contributed by atoms with Gasteiger partial charge in [-0.3, -0.25) is 9.59 Å². The Hall–Kier alpha value is -4.35. The number of hydrogen-bond donors (Lipinski definition) is 3. The Kier molecular flexibility index (Phi) is 11.5. The van der Waals surface area contributed by atoms with Crippen molar-refractivity contribution in [2.24, 2.45) is 0 Å². The average molecular weight is 572 g/mol. The summed E-state index contributed by atoms with van der Waals surface area (Å²) >= 11 is 0. The van der Waals surface area contributed by atoms with Crippen molar-refractivity contribution in [3.05, 3.63) is 77.9 Å². The summed E-state index contributed by atoms with van der Waals surface area (Å²) in [6.45, 7) is 6.71. The second kappa shape index (κ2) is 15.0. The first-order chi connectivity index (χ1) is 20.1. The van der Waals surface area contributed by atoms with E-state index in [1.165, 1.54) is 4.90 Å². The van der Waals surface area contributed by atoms with Crippen molar-refractivity contribution in [1.29, 1.82) is 0 Å². The third-order valence-corrected chi connectivity index (χ3v) is 6.70. The predicted octanol–water partition coefficient (Wildman–Crippen LogP) is 5.80. The lowest BCUT2D eigenvalue weighted by Crippen LogP contribution is -2.54. The van der Waals surface area contributed by atoms with E-state index in [2.05, 4.69) is 23.5 Å². The molecule has 8 heteroatoms. The van der Waals surface area contributed by atoms with Crippen LogP contribution in [0.15, 0.2) is 66.7 Å². The molecule has 0 aliphatic rings. The number of rotatable bonds is 12. The van der Waals surface area contributed by atoms with Gasteiger partial charge in [-0.2, -0.15) is 0 Å². The van der Waals surface area contributed by atoms with Gasteiger partial charge in [0, 0.05) is 17.8 Å². The molecule has 42 heavy (non-hydrogen) atoms. The van der Waals surface area contributed by atoms with Crippen LogP contribution in [-0.2, 0) is 14.3 Å². The number of hydrogen-bond acceptors (Lipinski definition) is 5. The van der Waals surface area contributed by atoms with Crippen molar-refractivity contribution in [2.75, 3.05) is 18.5 Å². The number of carbonyl (C=O) groups excluding carboxylic acids is 3. The van der Waals surface area contributed by atoms with Crippen LogP contribution >= 0.6 is 0 Å². The van der Waals surface area contributed by atoms with Gasteiger partial charge >= 0.3 is 6.09 Å². The van der Waals surface area contributed by atoms with Crippen LogP contribution < -0.4 is 10.6 Å². The average Bonchev–Trinajstić information content (AvgIpc) is 2.96. The Morgan fingerprint density at radius 1 is 0.976 bits per heavy atom. The summed E-state index contributed by atoms with van der Waals surface area (Å²) in [5, 5.41) is 17.6. The minimum atomic E-state index is -1.33. The number of terminal acetylenes is 1. The lowest BCUT2D eigenvalue weighted by molar-refractivity contribution is -0.141. The van der Waals surface area contributed by atoms with Gasteiger partial charge in [-0.05, 0) is 61.7 Å². The predicted molar refractivity (Wildman–Crippen MR) is 166 cm³/mol. The number of nitrogens with zero attached hydrogens (tertiary/aromatic N) is 1. The van der Waals surface area contributed by atoms with Gasteiger partial charge in [0.05, 0.1) is 6.61 Å². The highest BCUT2D eigenvalue weighted by atomic mass is 16.6. The van der Waals surface area contributed by atoms with E-state index in [9.17, 15) is 19.5 Å². The molecule has 0 aromatic heterocycles. The van der Waals surface area contributed by atoms with E-state index >= 15 is 0 Å². The third kappa shape index (κ3) is 8.82. The quantitative estimate of drug-likeness (QED) is 0.188. The second-order valence-corrected chi connectivity index (χ2v) is 11.2. The van der Waals surface area contributed by atoms with Crippen LogP contribution in [0.1, 0.15) is 70.5 Å². The number of ether oxygens (including phenoxy) is 1. The molecule has 2 atom stereocenters. The monoisotopic (exact) mass is 571 g/mol. The smallest absolute Gasteiger partial charge is 0.408 e. The number of fused-ring (bicyclic) bond motifs is 1. The number of alkyl carbamates (subject to hydrolysis) is 1. The molecule has 0 saturated carbocycles. The fourth-order valence-electron chi connectivity index (χ4n) is 4.71. The molecule has 0 radical (unpaired) electrons. The number of amides is 3. The highest BCUT2D eigenvalue weighted by Gasteiger charge is 2.37. The fraction of sp³-hybridized carbons (Fsp3) is 0.382. The third-order valence-electron chi connectivity index (χ3n) is 6.70. The van der Waals surface area contributed by atoms with Gasteiger partial charge in [0.2, 0.25) is 5.91 Å². The number of anilines is 1. The zero-order chi connectivity index (χ0) is 30.7. The molecule has 3 aromatic rings. The lowest BCUT2D eigenvalue weighted by atomic mass is 9.97. The highest BCUT2D eigenvalue weighted by molar-refractivity contribution is 6.00. The van der Waals surface area contributed by atoms with E-state index in [1.807, 2.05) is 36.4 Å². The first kappa shape index (κ1) is 32.2. The highest BCUT2D eigenvalue weighted by Crippen LogP contribution is 2.28. The maximum atomic E-state index is 14.1. The minimum absolute atomic E-state index is 0.208. The Morgan fingerprint density at radius 2 is 1.67 bits per heavy atom. The van der Waals surface area contributed by atoms with E-state index in [1.54, 1.807) is 51.1 Å². The molecule has 0 fully saturated rings. The van der Waals surface area contributed by atoms with Crippen LogP contribution in [-0.4, -0.2) is 52.7 Å². The van der Waals surface area contributed by atoms with E-state index in [0.717, 1.165) is 30.0 Å². The second-order valence-electron chi connectivity index (χ2n) is 11.2. The molecule has 0 bridgehead atoms. The van der Waals surface area contributed by atoms with Crippen LogP contribution in [0.2, 0.25) is 0 Å². The molecule has 2 unspecified atom stereocenters. The number of aliphatic hydroxyl groups is 1. The fourth-order valence-corrected chi connectivity index (χ4v) is 4.71. The molecule has 0 aliphatic carbocycles. The molecule has 0 aliphatic heterocycles. The summed E-state index contributed by atoms with van der Waals surface area (Å²) in [6, 6.07) is 17.9. The largest absolute Gasteiger partial charge is 0.444 e. The van der Waals surface area contributed by atoms with E-state index in [4.69, 9.17) is 11.2 Å². The number of carbonyl (C=O) groups is 3. The summed E-state index contributed by atoms with van der Waals surface area (Å²) < 4.78 is 5.32. The van der Waals surface area contributed by atoms with Gasteiger partial charge in [0.25, 0.3) is 5.91 Å². The zero-order valence-electron chi connectivity index (χ0n) is 24.9. The molecule has 3 amide bonds. The van der Waals surface area contributed by atoms with Gasteiger partial charge in [0.1, 0.15) is 17.7 Å². The minimum Gasteiger partial charge on any atom is -0.444 e. The molecule has 0 heterocycles. The van der Waals surface area contributed by atoms with Crippen molar-refractivity contribution in [2.45, 2.75) is 71.1 Å². The molecule has 8 nitrogen and oxygen atoms in total. The standard InChI is InChI=1S/C34H41N3O5/c1-6-8-9-14-21-37(32(40)29(23-38)36-33(41)42-34(3,4)5)30(28-18-13-12-15-24(28)7-2)31(39)35-27-20-19-25-16-10-11-17-26(25)22-27/h2,10-13,15-20,22,29-30,38H,6,8-9,14,21,23H2,1,3-5H3,(H,35,39)(H,36,41). The number of aliphatic hydroxyl groups excluding tert-OH is 1. The molecular formula is C34H41N3O5. The topological polar surface area (TPSA) is 108 Å². The van der Waals surface area contributed by atoms with E-state index in [0.29, 0.717) is 23.2 Å². The van der Waals surface area contributed by atoms with E-state index in [-0.39, 0.29) is 6.54 Å². The van der Waals surface area contributed by atoms with Crippen molar-refractivity contribution in [1.82, 2.24) is 10.2 Å². The van der Waals surface area contributed by atoms with Crippen LogP contribution in [0.5, 0.6) is 0 Å². The molecule has 3 rings (SSSR count). The molecule has 3 aromatic carbocycles. The molecular weight excluding hydrogens is 530 g/mol. The summed E-state index contributed by atoms with van der Waals surface area (Å²) in [4.78, 5) is 42.1. The SMILES string of the molecule is C#Cc1ccccc1C(C(=O)Nc1ccc2ccccc2c1)N(CCCCCC)C(=O)C(CO)NC(=O)OC(C)(C)C. The maximum Gasteiger partial charge on any atom is 0.408 e. The molecule has 0 spiro atoms. The van der Waals surface area contributed by atoms with Crippen molar-refractivity contribution in [3.63, 3.8) is 0 Å². The van der Waals surface area contributed by atoms with Crippen LogP contribution in [0.4, 0.5) is 10.5 Å². The maximum absolute atomic E-state index is 14.1. The summed E-state index contributed by atoms with van der Waals surface area (Å²) in [6.07, 6.45) is 8.37. The number of unbranched alkanes of at least 4 members (excludes halogenated alkanes) is 3. The molecule has 222 valence electrons. The van der Waals surface area contributed by atoms with Crippen LogP contribution in [0, 0.1) is 12.3 Å². The van der Waals surface area contributed by atoms with Crippen molar-refractivity contribution >= 4 is 34.4 Å². The van der Waals surface area contributed by atoms with Gasteiger partial charge < -0.3 is 25.4 Å². The summed E-state index contributed by atoms with van der Waals surface area (Å²) in [5.41, 5.74) is 0.686. The van der Waals surface area contributed by atoms with Crippen LogP contribution in [0.3, 0.4) is 0 Å². The first-order valence-corrected chi connectivity index (χ1v) is 14.3. The number of nitrogens with one attached hydrogen (secondary N) is 2. The Labute approximate surface area is 248 Å². The normalized spacial score (nSPS) is 12.6. The van der Waals surface area contributed by atoms with Gasteiger partial charge in [-0.15, -0.1) is 6.42 Å². The summed E-state index contributed by atoms with van der Waals surface area (Å²) in [5.74, 6) is 1.55. The Balaban J connectivity index is 2.03. The van der Waals surface area contributed by atoms with Crippen LogP contribution in [0.25, 0.3) is 10.8 Å². The Morgan fingerprint density at radius 3 is 2.33 bits per heavy atom. The first-order valence-electron chi connectivity index (χ1n) is 14.3. The lowest BCUT2D eigenvalue weighted by Gasteiger charge is -2.34. The van der Waals surface area contributed by atoms with Gasteiger partial charge in [0.15, 0.2) is 0 Å².